The van der Waals surface area contributed by atoms with E-state index in [1.807, 2.05) is 38.1 Å². The molecule has 4 nitrogen and oxygen atoms in total. The lowest BCUT2D eigenvalue weighted by atomic mass is 10.1. The van der Waals surface area contributed by atoms with Gasteiger partial charge in [0.2, 0.25) is 0 Å². The van der Waals surface area contributed by atoms with Gasteiger partial charge < -0.3 is 15.3 Å². The third-order valence-corrected chi connectivity index (χ3v) is 2.66. The molecule has 0 saturated carbocycles. The van der Waals surface area contributed by atoms with Gasteiger partial charge in [0.1, 0.15) is 0 Å². The molecule has 0 fully saturated rings. The van der Waals surface area contributed by atoms with E-state index in [0.29, 0.717) is 19.5 Å². The zero-order valence-electron chi connectivity index (χ0n) is 10.4. The van der Waals surface area contributed by atoms with Gasteiger partial charge in [-0.05, 0) is 38.0 Å². The first-order valence-electron chi connectivity index (χ1n) is 5.97. The molecular weight excluding hydrogens is 216 g/mol. The summed E-state index contributed by atoms with van der Waals surface area (Å²) in [6, 6.07) is 7.45. The Balaban J connectivity index is 2.59. The van der Waals surface area contributed by atoms with Crippen molar-refractivity contribution >= 4 is 11.7 Å². The second kappa shape index (κ2) is 6.91. The molecule has 17 heavy (non-hydrogen) atoms. The van der Waals surface area contributed by atoms with Crippen molar-refractivity contribution in [1.29, 1.82) is 0 Å². The molecule has 0 aliphatic carbocycles. The number of nitrogens with one attached hydrogen (secondary N) is 1. The van der Waals surface area contributed by atoms with Gasteiger partial charge in [-0.2, -0.15) is 0 Å². The SMILES string of the molecule is CCN(CC)C(=O)Nc1ccc(CCO)cc1. The fourth-order valence-corrected chi connectivity index (χ4v) is 1.60. The second-order valence-electron chi connectivity index (χ2n) is 3.77. The summed E-state index contributed by atoms with van der Waals surface area (Å²) in [5.74, 6) is 0. The molecular formula is C13H20N2O2. The van der Waals surface area contributed by atoms with Gasteiger partial charge in [0, 0.05) is 25.4 Å². The smallest absolute Gasteiger partial charge is 0.321 e. The first kappa shape index (κ1) is 13.5. The normalized spacial score (nSPS) is 10.1. The molecule has 94 valence electrons. The molecule has 0 aromatic heterocycles. The molecule has 2 amide bonds. The third-order valence-electron chi connectivity index (χ3n) is 2.66. The van der Waals surface area contributed by atoms with Crippen molar-refractivity contribution in [3.8, 4) is 0 Å². The highest BCUT2D eigenvalue weighted by Gasteiger charge is 2.08. The van der Waals surface area contributed by atoms with Crippen LogP contribution in [0.3, 0.4) is 0 Å². The van der Waals surface area contributed by atoms with E-state index in [0.717, 1.165) is 11.3 Å². The molecule has 0 atom stereocenters. The third kappa shape index (κ3) is 4.07. The number of carbonyl (C=O) groups is 1. The van der Waals surface area contributed by atoms with Crippen LogP contribution in [-0.2, 0) is 6.42 Å². The van der Waals surface area contributed by atoms with Crippen LogP contribution in [0.2, 0.25) is 0 Å². The van der Waals surface area contributed by atoms with Crippen LogP contribution in [0.4, 0.5) is 10.5 Å². The molecule has 1 aromatic rings. The van der Waals surface area contributed by atoms with Gasteiger partial charge in [-0.3, -0.25) is 0 Å². The van der Waals surface area contributed by atoms with Crippen LogP contribution in [0.15, 0.2) is 24.3 Å². The number of urea groups is 1. The Morgan fingerprint density at radius 2 is 1.82 bits per heavy atom. The highest BCUT2D eigenvalue weighted by Crippen LogP contribution is 2.10. The van der Waals surface area contributed by atoms with Gasteiger partial charge in [0.15, 0.2) is 0 Å². The fraction of sp³-hybridized carbons (Fsp3) is 0.462. The van der Waals surface area contributed by atoms with Gasteiger partial charge >= 0.3 is 6.03 Å². The largest absolute Gasteiger partial charge is 0.396 e. The molecule has 0 saturated heterocycles. The number of benzene rings is 1. The van der Waals surface area contributed by atoms with Gasteiger partial charge in [-0.1, -0.05) is 12.1 Å². The summed E-state index contributed by atoms with van der Waals surface area (Å²) < 4.78 is 0. The molecule has 0 heterocycles. The minimum absolute atomic E-state index is 0.0788. The van der Waals surface area contributed by atoms with Crippen molar-refractivity contribution in [2.24, 2.45) is 0 Å². The number of amides is 2. The van der Waals surface area contributed by atoms with E-state index in [-0.39, 0.29) is 12.6 Å². The van der Waals surface area contributed by atoms with E-state index in [9.17, 15) is 4.79 Å². The number of rotatable bonds is 5. The molecule has 2 N–H and O–H groups in total. The minimum atomic E-state index is -0.0788. The van der Waals surface area contributed by atoms with Crippen LogP contribution >= 0.6 is 0 Å². The summed E-state index contributed by atoms with van der Waals surface area (Å²) in [7, 11) is 0. The van der Waals surface area contributed by atoms with E-state index < -0.39 is 0 Å². The Bertz CT molecular complexity index is 345. The predicted octanol–water partition coefficient (Wildman–Crippen LogP) is 2.10. The fourth-order valence-electron chi connectivity index (χ4n) is 1.60. The summed E-state index contributed by atoms with van der Waals surface area (Å²) in [4.78, 5) is 13.5. The van der Waals surface area contributed by atoms with Crippen LogP contribution in [0, 0.1) is 0 Å². The predicted molar refractivity (Wildman–Crippen MR) is 69.2 cm³/mol. The Morgan fingerprint density at radius 3 is 2.29 bits per heavy atom. The maximum atomic E-state index is 11.8. The molecule has 4 heteroatoms. The minimum Gasteiger partial charge on any atom is -0.396 e. The summed E-state index contributed by atoms with van der Waals surface area (Å²) in [5, 5.41) is 11.6. The van der Waals surface area contributed by atoms with E-state index in [1.54, 1.807) is 4.90 Å². The topological polar surface area (TPSA) is 52.6 Å². The number of aliphatic hydroxyl groups is 1. The summed E-state index contributed by atoms with van der Waals surface area (Å²) in [6.07, 6.45) is 0.643. The molecule has 0 spiro atoms. The summed E-state index contributed by atoms with van der Waals surface area (Å²) in [5.41, 5.74) is 1.84. The second-order valence-corrected chi connectivity index (χ2v) is 3.77. The molecule has 1 rings (SSSR count). The van der Waals surface area contributed by atoms with Crippen molar-refractivity contribution in [2.45, 2.75) is 20.3 Å². The van der Waals surface area contributed by atoms with Gasteiger partial charge in [-0.25, -0.2) is 4.79 Å². The van der Waals surface area contributed by atoms with Gasteiger partial charge in [0.05, 0.1) is 0 Å². The Labute approximate surface area is 102 Å². The maximum absolute atomic E-state index is 11.8. The molecule has 0 radical (unpaired) electrons. The number of hydrogen-bond donors (Lipinski definition) is 2. The van der Waals surface area contributed by atoms with Gasteiger partial charge in [0.25, 0.3) is 0 Å². The lowest BCUT2D eigenvalue weighted by Gasteiger charge is -2.19. The zero-order valence-corrected chi connectivity index (χ0v) is 10.4. The Kier molecular flexibility index (Phi) is 5.49. The molecule has 0 bridgehead atoms. The average molecular weight is 236 g/mol. The van der Waals surface area contributed by atoms with Crippen molar-refractivity contribution in [1.82, 2.24) is 4.90 Å². The van der Waals surface area contributed by atoms with Crippen molar-refractivity contribution in [3.05, 3.63) is 29.8 Å². The van der Waals surface area contributed by atoms with Gasteiger partial charge in [-0.15, -0.1) is 0 Å². The highest BCUT2D eigenvalue weighted by molar-refractivity contribution is 5.89. The first-order chi connectivity index (χ1) is 8.21. The number of carbonyl (C=O) groups excluding carboxylic acids is 1. The standard InChI is InChI=1S/C13H20N2O2/c1-3-15(4-2)13(17)14-12-7-5-11(6-8-12)9-10-16/h5-8,16H,3-4,9-10H2,1-2H3,(H,14,17). The zero-order chi connectivity index (χ0) is 12.7. The highest BCUT2D eigenvalue weighted by atomic mass is 16.3. The number of aliphatic hydroxyl groups excluding tert-OH is 1. The van der Waals surface area contributed by atoms with E-state index in [2.05, 4.69) is 5.32 Å². The number of anilines is 1. The Hall–Kier alpha value is -1.55. The summed E-state index contributed by atoms with van der Waals surface area (Å²) >= 11 is 0. The number of hydrogen-bond acceptors (Lipinski definition) is 2. The van der Waals surface area contributed by atoms with Crippen LogP contribution in [-0.4, -0.2) is 35.7 Å². The van der Waals surface area contributed by atoms with E-state index >= 15 is 0 Å². The molecule has 0 unspecified atom stereocenters. The molecule has 1 aromatic carbocycles. The average Bonchev–Trinajstić information content (AvgIpc) is 2.33. The lowest BCUT2D eigenvalue weighted by molar-refractivity contribution is 0.217. The van der Waals surface area contributed by atoms with Crippen LogP contribution in [0.25, 0.3) is 0 Å². The van der Waals surface area contributed by atoms with Crippen molar-refractivity contribution in [3.63, 3.8) is 0 Å². The maximum Gasteiger partial charge on any atom is 0.321 e. The van der Waals surface area contributed by atoms with Crippen molar-refractivity contribution < 1.29 is 9.90 Å². The quantitative estimate of drug-likeness (QED) is 0.822. The van der Waals surface area contributed by atoms with Crippen LogP contribution < -0.4 is 5.32 Å². The lowest BCUT2D eigenvalue weighted by Crippen LogP contribution is -2.34. The molecule has 0 aliphatic heterocycles. The Morgan fingerprint density at radius 1 is 1.24 bits per heavy atom. The van der Waals surface area contributed by atoms with E-state index in [1.165, 1.54) is 0 Å². The first-order valence-corrected chi connectivity index (χ1v) is 5.97. The van der Waals surface area contributed by atoms with Crippen molar-refractivity contribution in [2.75, 3.05) is 25.0 Å². The van der Waals surface area contributed by atoms with Crippen LogP contribution in [0.5, 0.6) is 0 Å². The molecule has 0 aliphatic rings. The van der Waals surface area contributed by atoms with Crippen LogP contribution in [0.1, 0.15) is 19.4 Å². The number of nitrogens with zero attached hydrogens (tertiary/aromatic N) is 1. The monoisotopic (exact) mass is 236 g/mol. The summed E-state index contributed by atoms with van der Waals surface area (Å²) in [6.45, 7) is 5.45. The van der Waals surface area contributed by atoms with E-state index in [4.69, 9.17) is 5.11 Å².